The Hall–Kier alpha value is -3.56. The molecule has 2 amide bonds. The second-order valence-electron chi connectivity index (χ2n) is 11.6. The molecule has 0 radical (unpaired) electrons. The van der Waals surface area contributed by atoms with Crippen molar-refractivity contribution in [1.82, 2.24) is 10.2 Å². The van der Waals surface area contributed by atoms with Gasteiger partial charge in [0, 0.05) is 34.1 Å². The van der Waals surface area contributed by atoms with Crippen LogP contribution in [0.1, 0.15) is 43.2 Å². The number of sulfonamides is 1. The van der Waals surface area contributed by atoms with Gasteiger partial charge in [0.1, 0.15) is 12.6 Å². The Morgan fingerprint density at radius 2 is 1.45 bits per heavy atom. The van der Waals surface area contributed by atoms with Crippen molar-refractivity contribution in [3.05, 3.63) is 129 Å². The van der Waals surface area contributed by atoms with E-state index in [9.17, 15) is 18.0 Å². The maximum atomic E-state index is 14.6. The minimum Gasteiger partial charge on any atom is -0.352 e. The summed E-state index contributed by atoms with van der Waals surface area (Å²) in [5.41, 5.74) is 1.62. The zero-order chi connectivity index (χ0) is 33.4. The molecule has 0 saturated heterocycles. The van der Waals surface area contributed by atoms with Crippen LogP contribution in [0.3, 0.4) is 0 Å². The summed E-state index contributed by atoms with van der Waals surface area (Å²) >= 11 is 19.1. The van der Waals surface area contributed by atoms with E-state index in [1.54, 1.807) is 54.6 Å². The number of amides is 2. The van der Waals surface area contributed by atoms with Gasteiger partial charge in [0.15, 0.2) is 0 Å². The van der Waals surface area contributed by atoms with Crippen molar-refractivity contribution in [1.29, 1.82) is 0 Å². The molecule has 246 valence electrons. The topological polar surface area (TPSA) is 86.8 Å². The Bertz CT molecular complexity index is 1790. The Balaban J connectivity index is 1.58. The van der Waals surface area contributed by atoms with Crippen molar-refractivity contribution in [2.75, 3.05) is 10.8 Å². The van der Waals surface area contributed by atoms with Crippen LogP contribution >= 0.6 is 34.8 Å². The van der Waals surface area contributed by atoms with Crippen LogP contribution in [0.2, 0.25) is 15.1 Å². The highest BCUT2D eigenvalue weighted by atomic mass is 35.5. The quantitative estimate of drug-likeness (QED) is 0.162. The average molecular weight is 713 g/mol. The van der Waals surface area contributed by atoms with E-state index in [4.69, 9.17) is 34.8 Å². The fourth-order valence-electron chi connectivity index (χ4n) is 5.81. The van der Waals surface area contributed by atoms with Crippen molar-refractivity contribution in [3.8, 4) is 0 Å². The van der Waals surface area contributed by atoms with Crippen LogP contribution in [-0.4, -0.2) is 43.8 Å². The minimum atomic E-state index is -4.23. The summed E-state index contributed by atoms with van der Waals surface area (Å²) in [6, 6.07) is 27.6. The molecule has 1 aliphatic rings. The fourth-order valence-corrected chi connectivity index (χ4v) is 7.89. The van der Waals surface area contributed by atoms with Crippen LogP contribution in [0.5, 0.6) is 0 Å². The van der Waals surface area contributed by atoms with Gasteiger partial charge in [-0.15, -0.1) is 0 Å². The van der Waals surface area contributed by atoms with Gasteiger partial charge >= 0.3 is 0 Å². The highest BCUT2D eigenvalue weighted by molar-refractivity contribution is 7.92. The monoisotopic (exact) mass is 711 g/mol. The molecule has 1 N–H and O–H groups in total. The molecule has 0 spiro atoms. The zero-order valence-corrected chi connectivity index (χ0v) is 28.8. The van der Waals surface area contributed by atoms with Crippen LogP contribution in [0.4, 0.5) is 5.69 Å². The summed E-state index contributed by atoms with van der Waals surface area (Å²) in [6.07, 6.45) is 5.08. The highest BCUT2D eigenvalue weighted by Crippen LogP contribution is 2.29. The standard InChI is InChI=1S/C36H36Cl3N3O4S/c37-28-13-10-16-31(22-28)42(47(45,46)32-17-8-3-9-18-32)25-35(43)41(24-27-19-20-29(38)23-33(27)39)34(21-26-11-4-1-5-12-26)36(44)40-30-14-6-2-7-15-30/h1,3-5,8-13,16-20,22-23,30,34H,2,6-7,14-15,21,24-25H2,(H,40,44). The first-order valence-corrected chi connectivity index (χ1v) is 18.1. The molecular formula is C36H36Cl3N3O4S. The minimum absolute atomic E-state index is 0.00740. The first-order chi connectivity index (χ1) is 22.6. The van der Waals surface area contributed by atoms with Gasteiger partial charge in [-0.2, -0.15) is 0 Å². The number of halogens is 3. The molecule has 4 aromatic rings. The van der Waals surface area contributed by atoms with E-state index >= 15 is 0 Å². The molecule has 4 aromatic carbocycles. The van der Waals surface area contributed by atoms with Crippen LogP contribution in [0.15, 0.2) is 108 Å². The summed E-state index contributed by atoms with van der Waals surface area (Å²) in [6.45, 7) is -0.649. The molecule has 47 heavy (non-hydrogen) atoms. The molecule has 0 bridgehead atoms. The van der Waals surface area contributed by atoms with Crippen LogP contribution in [-0.2, 0) is 32.6 Å². The van der Waals surface area contributed by atoms with Gasteiger partial charge in [-0.1, -0.05) is 115 Å². The number of carbonyl (C=O) groups excluding carboxylic acids is 2. The van der Waals surface area contributed by atoms with Crippen molar-refractivity contribution >= 4 is 62.3 Å². The third kappa shape index (κ3) is 9.08. The van der Waals surface area contributed by atoms with Crippen molar-refractivity contribution in [2.24, 2.45) is 0 Å². The third-order valence-corrected chi connectivity index (χ3v) is 10.9. The Morgan fingerprint density at radius 3 is 2.11 bits per heavy atom. The SMILES string of the molecule is O=C(NC1CCCCC1)C(Cc1ccccc1)N(Cc1ccc(Cl)cc1Cl)C(=O)CN(c1cccc(Cl)c1)S(=O)(=O)c1ccccc1. The third-order valence-electron chi connectivity index (χ3n) is 8.28. The van der Waals surface area contributed by atoms with Crippen LogP contribution in [0.25, 0.3) is 0 Å². The predicted molar refractivity (Wildman–Crippen MR) is 188 cm³/mol. The van der Waals surface area contributed by atoms with E-state index < -0.39 is 28.5 Å². The summed E-state index contributed by atoms with van der Waals surface area (Å²) in [5, 5.41) is 4.25. The first-order valence-electron chi connectivity index (χ1n) is 15.5. The number of nitrogens with zero attached hydrogens (tertiary/aromatic N) is 2. The van der Waals surface area contributed by atoms with Crippen molar-refractivity contribution < 1.29 is 18.0 Å². The molecular weight excluding hydrogens is 677 g/mol. The van der Waals surface area contributed by atoms with Crippen LogP contribution in [0, 0.1) is 0 Å². The largest absolute Gasteiger partial charge is 0.352 e. The van der Waals surface area contributed by atoms with Gasteiger partial charge in [-0.25, -0.2) is 8.42 Å². The van der Waals surface area contributed by atoms with Gasteiger partial charge in [0.25, 0.3) is 10.0 Å². The van der Waals surface area contributed by atoms with E-state index in [0.717, 1.165) is 42.0 Å². The molecule has 1 unspecified atom stereocenters. The lowest BCUT2D eigenvalue weighted by Crippen LogP contribution is -2.55. The Morgan fingerprint density at radius 1 is 0.787 bits per heavy atom. The number of hydrogen-bond donors (Lipinski definition) is 1. The molecule has 0 aliphatic heterocycles. The Labute approximate surface area is 291 Å². The van der Waals surface area contributed by atoms with Gasteiger partial charge in [-0.3, -0.25) is 13.9 Å². The van der Waals surface area contributed by atoms with E-state index in [-0.39, 0.29) is 35.5 Å². The number of rotatable bonds is 12. The lowest BCUT2D eigenvalue weighted by Gasteiger charge is -2.35. The van der Waals surface area contributed by atoms with Gasteiger partial charge in [0.2, 0.25) is 11.8 Å². The van der Waals surface area contributed by atoms with Crippen LogP contribution < -0.4 is 9.62 Å². The number of carbonyl (C=O) groups is 2. The second-order valence-corrected chi connectivity index (χ2v) is 14.8. The predicted octanol–water partition coefficient (Wildman–Crippen LogP) is 7.93. The fraction of sp³-hybridized carbons (Fsp3) is 0.278. The zero-order valence-electron chi connectivity index (χ0n) is 25.7. The molecule has 7 nitrogen and oxygen atoms in total. The second kappa shape index (κ2) is 16.0. The summed E-state index contributed by atoms with van der Waals surface area (Å²) < 4.78 is 29.2. The molecule has 1 fully saturated rings. The molecule has 11 heteroatoms. The summed E-state index contributed by atoms with van der Waals surface area (Å²) in [7, 11) is -4.23. The highest BCUT2D eigenvalue weighted by Gasteiger charge is 2.35. The summed E-state index contributed by atoms with van der Waals surface area (Å²) in [5.74, 6) is -0.894. The molecule has 5 rings (SSSR count). The summed E-state index contributed by atoms with van der Waals surface area (Å²) in [4.78, 5) is 30.3. The molecule has 0 aromatic heterocycles. The van der Waals surface area contributed by atoms with Crippen molar-refractivity contribution in [3.63, 3.8) is 0 Å². The van der Waals surface area contributed by atoms with E-state index in [1.165, 1.54) is 23.1 Å². The van der Waals surface area contributed by atoms with Gasteiger partial charge in [-0.05, 0) is 66.4 Å². The lowest BCUT2D eigenvalue weighted by atomic mass is 9.94. The number of hydrogen-bond acceptors (Lipinski definition) is 4. The van der Waals surface area contributed by atoms with Gasteiger partial charge < -0.3 is 10.2 Å². The Kier molecular flexibility index (Phi) is 11.9. The smallest absolute Gasteiger partial charge is 0.264 e. The van der Waals surface area contributed by atoms with E-state index in [1.807, 2.05) is 30.3 Å². The lowest BCUT2D eigenvalue weighted by molar-refractivity contribution is -0.140. The number of nitrogens with one attached hydrogen (secondary N) is 1. The first kappa shape index (κ1) is 34.8. The maximum absolute atomic E-state index is 14.6. The number of anilines is 1. The van der Waals surface area contributed by atoms with Gasteiger partial charge in [0.05, 0.1) is 10.6 Å². The molecule has 0 heterocycles. The van der Waals surface area contributed by atoms with E-state index in [2.05, 4.69) is 5.32 Å². The maximum Gasteiger partial charge on any atom is 0.264 e. The molecule has 1 saturated carbocycles. The normalized spacial score (nSPS) is 14.3. The molecule has 1 atom stereocenters. The van der Waals surface area contributed by atoms with Crippen molar-refractivity contribution in [2.45, 2.75) is 62.0 Å². The molecule has 1 aliphatic carbocycles. The number of benzene rings is 4. The van der Waals surface area contributed by atoms with E-state index in [0.29, 0.717) is 20.6 Å². The average Bonchev–Trinajstić information content (AvgIpc) is 3.07.